The van der Waals surface area contributed by atoms with E-state index < -0.39 is 6.04 Å². The third kappa shape index (κ3) is 4.42. The van der Waals surface area contributed by atoms with Gasteiger partial charge in [-0.1, -0.05) is 73.5 Å². The van der Waals surface area contributed by atoms with E-state index in [-0.39, 0.29) is 11.3 Å². The molecule has 2 aromatic carbocycles. The van der Waals surface area contributed by atoms with Crippen molar-refractivity contribution < 1.29 is 4.79 Å². The van der Waals surface area contributed by atoms with Crippen molar-refractivity contribution in [2.45, 2.75) is 39.2 Å². The van der Waals surface area contributed by atoms with Gasteiger partial charge in [0.15, 0.2) is 0 Å². The molecule has 0 heterocycles. The lowest BCUT2D eigenvalue weighted by atomic mass is 9.84. The molecule has 3 heteroatoms. The van der Waals surface area contributed by atoms with Gasteiger partial charge in [-0.2, -0.15) is 0 Å². The minimum atomic E-state index is -0.635. The minimum Gasteiger partial charge on any atom is -0.354 e. The van der Waals surface area contributed by atoms with Gasteiger partial charge in [0.2, 0.25) is 5.91 Å². The second kappa shape index (κ2) is 6.97. The number of amides is 1. The van der Waals surface area contributed by atoms with E-state index >= 15 is 0 Å². The van der Waals surface area contributed by atoms with Crippen LogP contribution >= 0.6 is 0 Å². The third-order valence-corrected chi connectivity index (χ3v) is 4.26. The number of carbonyl (C=O) groups is 1. The molecule has 0 saturated carbocycles. The number of aryl methyl sites for hydroxylation is 2. The van der Waals surface area contributed by atoms with E-state index in [0.29, 0.717) is 6.54 Å². The molecule has 3 nitrogen and oxygen atoms in total. The Morgan fingerprint density at radius 1 is 1.00 bits per heavy atom. The number of benzene rings is 2. The van der Waals surface area contributed by atoms with Crippen LogP contribution in [-0.2, 0) is 10.2 Å². The summed E-state index contributed by atoms with van der Waals surface area (Å²) in [6.07, 6.45) is 0. The molecular weight excluding hydrogens is 284 g/mol. The number of nitrogens with two attached hydrogens (primary N) is 1. The summed E-state index contributed by atoms with van der Waals surface area (Å²) in [5.74, 6) is -0.144. The van der Waals surface area contributed by atoms with Crippen molar-refractivity contribution in [3.05, 3.63) is 70.8 Å². The molecule has 1 unspecified atom stereocenters. The smallest absolute Gasteiger partial charge is 0.241 e. The summed E-state index contributed by atoms with van der Waals surface area (Å²) in [5, 5.41) is 2.98. The van der Waals surface area contributed by atoms with Gasteiger partial charge in [0, 0.05) is 12.0 Å². The third-order valence-electron chi connectivity index (χ3n) is 4.26. The molecule has 23 heavy (non-hydrogen) atoms. The van der Waals surface area contributed by atoms with Crippen molar-refractivity contribution in [1.82, 2.24) is 5.32 Å². The molecule has 1 atom stereocenters. The zero-order valence-corrected chi connectivity index (χ0v) is 14.4. The van der Waals surface area contributed by atoms with Gasteiger partial charge in [-0.05, 0) is 25.0 Å². The Labute approximate surface area is 138 Å². The number of hydrogen-bond acceptors (Lipinski definition) is 2. The fourth-order valence-corrected chi connectivity index (χ4v) is 2.45. The molecule has 0 spiro atoms. The fraction of sp³-hybridized carbons (Fsp3) is 0.350. The molecule has 2 aromatic rings. The van der Waals surface area contributed by atoms with Crippen molar-refractivity contribution in [2.75, 3.05) is 6.54 Å². The highest BCUT2D eigenvalue weighted by Crippen LogP contribution is 2.23. The van der Waals surface area contributed by atoms with Crippen LogP contribution in [0.15, 0.2) is 48.5 Å². The first-order chi connectivity index (χ1) is 10.8. The molecule has 0 saturated heterocycles. The van der Waals surface area contributed by atoms with Crippen molar-refractivity contribution in [2.24, 2.45) is 5.73 Å². The van der Waals surface area contributed by atoms with Crippen LogP contribution in [0.2, 0.25) is 0 Å². The monoisotopic (exact) mass is 310 g/mol. The van der Waals surface area contributed by atoms with Crippen LogP contribution in [0.3, 0.4) is 0 Å². The largest absolute Gasteiger partial charge is 0.354 e. The fourth-order valence-electron chi connectivity index (χ4n) is 2.45. The maximum Gasteiger partial charge on any atom is 0.241 e. The van der Waals surface area contributed by atoms with E-state index in [2.05, 4.69) is 50.4 Å². The average Bonchev–Trinajstić information content (AvgIpc) is 2.53. The quantitative estimate of drug-likeness (QED) is 0.889. The summed E-state index contributed by atoms with van der Waals surface area (Å²) in [5.41, 5.74) is 10.3. The number of nitrogens with one attached hydrogen (secondary N) is 1. The summed E-state index contributed by atoms with van der Waals surface area (Å²) in [7, 11) is 0. The first-order valence-electron chi connectivity index (χ1n) is 7.96. The Kier molecular flexibility index (Phi) is 5.22. The summed E-state index contributed by atoms with van der Waals surface area (Å²) in [6, 6.07) is 15.5. The molecule has 0 aromatic heterocycles. The second-order valence-electron chi connectivity index (χ2n) is 6.86. The van der Waals surface area contributed by atoms with Gasteiger partial charge in [-0.25, -0.2) is 0 Å². The average molecular weight is 310 g/mol. The van der Waals surface area contributed by atoms with E-state index in [4.69, 9.17) is 5.73 Å². The van der Waals surface area contributed by atoms with Crippen LogP contribution in [0.4, 0.5) is 0 Å². The molecular formula is C20H26N2O. The topological polar surface area (TPSA) is 55.1 Å². The Morgan fingerprint density at radius 3 is 2.00 bits per heavy atom. The Balaban J connectivity index is 2.00. The molecule has 122 valence electrons. The Bertz CT molecular complexity index is 657. The maximum atomic E-state index is 12.3. The lowest BCUT2D eigenvalue weighted by molar-refractivity contribution is -0.122. The molecule has 3 N–H and O–H groups in total. The predicted octanol–water partition coefficient (Wildman–Crippen LogP) is 3.40. The Hall–Kier alpha value is -2.13. The van der Waals surface area contributed by atoms with Gasteiger partial charge in [-0.15, -0.1) is 0 Å². The zero-order valence-electron chi connectivity index (χ0n) is 14.4. The van der Waals surface area contributed by atoms with Gasteiger partial charge in [0.05, 0.1) is 0 Å². The van der Waals surface area contributed by atoms with E-state index in [9.17, 15) is 4.79 Å². The van der Waals surface area contributed by atoms with E-state index in [1.807, 2.05) is 31.2 Å². The van der Waals surface area contributed by atoms with Crippen LogP contribution in [0.5, 0.6) is 0 Å². The van der Waals surface area contributed by atoms with Gasteiger partial charge >= 0.3 is 0 Å². The van der Waals surface area contributed by atoms with Gasteiger partial charge in [0.25, 0.3) is 0 Å². The molecule has 0 radical (unpaired) electrons. The molecule has 0 aliphatic heterocycles. The standard InChI is InChI=1S/C20H26N2O/c1-14-5-9-16(10-6-14)18(21)19(23)22-13-20(3,4)17-11-7-15(2)8-12-17/h5-12,18H,13,21H2,1-4H3,(H,22,23). The zero-order chi connectivity index (χ0) is 17.0. The van der Waals surface area contributed by atoms with Crippen molar-refractivity contribution in [3.8, 4) is 0 Å². The number of carbonyl (C=O) groups excluding carboxylic acids is 1. The normalized spacial score (nSPS) is 12.7. The number of rotatable bonds is 5. The van der Waals surface area contributed by atoms with Gasteiger partial charge in [0.1, 0.15) is 6.04 Å². The summed E-state index contributed by atoms with van der Waals surface area (Å²) >= 11 is 0. The molecule has 0 bridgehead atoms. The van der Waals surface area contributed by atoms with E-state index in [1.54, 1.807) is 0 Å². The van der Waals surface area contributed by atoms with E-state index in [0.717, 1.165) is 11.1 Å². The van der Waals surface area contributed by atoms with Crippen LogP contribution in [-0.4, -0.2) is 12.5 Å². The highest BCUT2D eigenvalue weighted by Gasteiger charge is 2.23. The first-order valence-corrected chi connectivity index (χ1v) is 7.96. The lowest BCUT2D eigenvalue weighted by Gasteiger charge is -2.26. The van der Waals surface area contributed by atoms with Crippen molar-refractivity contribution in [1.29, 1.82) is 0 Å². The maximum absolute atomic E-state index is 12.3. The van der Waals surface area contributed by atoms with Crippen molar-refractivity contribution >= 4 is 5.91 Å². The van der Waals surface area contributed by atoms with E-state index in [1.165, 1.54) is 11.1 Å². The number of hydrogen-bond donors (Lipinski definition) is 2. The lowest BCUT2D eigenvalue weighted by Crippen LogP contribution is -2.41. The highest BCUT2D eigenvalue weighted by atomic mass is 16.2. The Morgan fingerprint density at radius 2 is 1.48 bits per heavy atom. The molecule has 0 aliphatic carbocycles. The molecule has 1 amide bonds. The SMILES string of the molecule is Cc1ccc(C(N)C(=O)NCC(C)(C)c2ccc(C)cc2)cc1. The first kappa shape index (κ1) is 17.2. The summed E-state index contributed by atoms with van der Waals surface area (Å²) in [6.45, 7) is 8.87. The van der Waals surface area contributed by atoms with Gasteiger partial charge < -0.3 is 11.1 Å². The van der Waals surface area contributed by atoms with Crippen LogP contribution in [0.1, 0.15) is 42.1 Å². The second-order valence-corrected chi connectivity index (χ2v) is 6.86. The summed E-state index contributed by atoms with van der Waals surface area (Å²) in [4.78, 5) is 12.3. The van der Waals surface area contributed by atoms with Crippen molar-refractivity contribution in [3.63, 3.8) is 0 Å². The van der Waals surface area contributed by atoms with Crippen LogP contribution in [0.25, 0.3) is 0 Å². The predicted molar refractivity (Wildman–Crippen MR) is 95.3 cm³/mol. The highest BCUT2D eigenvalue weighted by molar-refractivity contribution is 5.83. The van der Waals surface area contributed by atoms with Gasteiger partial charge in [-0.3, -0.25) is 4.79 Å². The molecule has 0 fully saturated rings. The summed E-state index contributed by atoms with van der Waals surface area (Å²) < 4.78 is 0. The van der Waals surface area contributed by atoms with Crippen LogP contribution in [0, 0.1) is 13.8 Å². The minimum absolute atomic E-state index is 0.143. The van der Waals surface area contributed by atoms with Crippen LogP contribution < -0.4 is 11.1 Å². The molecule has 2 rings (SSSR count). The molecule has 0 aliphatic rings.